The summed E-state index contributed by atoms with van der Waals surface area (Å²) in [7, 11) is 1.57. The molecule has 29 heavy (non-hydrogen) atoms. The minimum Gasteiger partial charge on any atom is -0.359 e. The third-order valence-electron chi connectivity index (χ3n) is 6.23. The number of amides is 3. The molecular weight excluding hydrogens is 368 g/mol. The molecule has 1 aromatic carbocycles. The first kappa shape index (κ1) is 19.4. The third-order valence-corrected chi connectivity index (χ3v) is 6.23. The van der Waals surface area contributed by atoms with Gasteiger partial charge >= 0.3 is 0 Å². The number of hydrogen-bond donors (Lipinski definition) is 1. The smallest absolute Gasteiger partial charge is 0.256 e. The lowest BCUT2D eigenvalue weighted by molar-refractivity contribution is -0.143. The number of nitrogens with one attached hydrogen (secondary N) is 1. The standard InChI is InChI=1S/C22H26N4O3/c1-14-10-11-24-21-15(14)4-3-5-16(21)22(29)26-13-12-25(17-6-7-18(17)26)20(28)9-8-19(27)23-2/h3-5,10-11,17-18H,6-9,12-13H2,1-2H3,(H,23,27)/t17-,18-/m1/s1. The van der Waals surface area contributed by atoms with Crippen molar-refractivity contribution < 1.29 is 14.4 Å². The van der Waals surface area contributed by atoms with Crippen molar-refractivity contribution in [1.82, 2.24) is 20.1 Å². The topological polar surface area (TPSA) is 82.6 Å². The molecule has 2 aromatic rings. The second kappa shape index (κ2) is 7.81. The van der Waals surface area contributed by atoms with Crippen LogP contribution in [0.15, 0.2) is 30.5 Å². The SMILES string of the molecule is CNC(=O)CCC(=O)N1CCN(C(=O)c2cccc3c(C)ccnc23)[C@@H]2CC[C@H]21. The van der Waals surface area contributed by atoms with Gasteiger partial charge in [-0.25, -0.2) is 0 Å². The van der Waals surface area contributed by atoms with Crippen molar-refractivity contribution >= 4 is 28.6 Å². The highest BCUT2D eigenvalue weighted by atomic mass is 16.2. The molecule has 3 amide bonds. The first-order valence-corrected chi connectivity index (χ1v) is 10.2. The van der Waals surface area contributed by atoms with E-state index in [0.29, 0.717) is 18.7 Å². The Labute approximate surface area is 170 Å². The summed E-state index contributed by atoms with van der Waals surface area (Å²) in [5, 5.41) is 3.54. The molecule has 1 aliphatic carbocycles. The summed E-state index contributed by atoms with van der Waals surface area (Å²) in [6.07, 6.45) is 3.94. The molecule has 0 spiro atoms. The van der Waals surface area contributed by atoms with E-state index in [0.717, 1.165) is 29.3 Å². The maximum Gasteiger partial charge on any atom is 0.256 e. The number of nitrogens with zero attached hydrogens (tertiary/aromatic N) is 3. The molecule has 1 N–H and O–H groups in total. The minimum atomic E-state index is -0.129. The highest BCUT2D eigenvalue weighted by Crippen LogP contribution is 2.35. The molecule has 1 saturated heterocycles. The van der Waals surface area contributed by atoms with Crippen LogP contribution < -0.4 is 5.32 Å². The normalized spacial score (nSPS) is 20.8. The Balaban J connectivity index is 1.51. The van der Waals surface area contributed by atoms with Crippen molar-refractivity contribution in [3.05, 3.63) is 41.6 Å². The van der Waals surface area contributed by atoms with E-state index in [1.807, 2.05) is 41.0 Å². The summed E-state index contributed by atoms with van der Waals surface area (Å²) in [6, 6.07) is 7.77. The Morgan fingerprint density at radius 3 is 2.52 bits per heavy atom. The van der Waals surface area contributed by atoms with Gasteiger partial charge in [0, 0.05) is 44.6 Å². The molecule has 1 aromatic heterocycles. The molecule has 0 unspecified atom stereocenters. The molecule has 2 aliphatic rings. The first-order chi connectivity index (χ1) is 14.0. The summed E-state index contributed by atoms with van der Waals surface area (Å²) >= 11 is 0. The molecule has 7 nitrogen and oxygen atoms in total. The number of para-hydroxylation sites is 1. The van der Waals surface area contributed by atoms with Crippen molar-refractivity contribution in [3.63, 3.8) is 0 Å². The van der Waals surface area contributed by atoms with Gasteiger partial charge in [-0.2, -0.15) is 0 Å². The van der Waals surface area contributed by atoms with E-state index < -0.39 is 0 Å². The number of carbonyl (C=O) groups is 3. The van der Waals surface area contributed by atoms with Crippen LogP contribution in [0.5, 0.6) is 0 Å². The van der Waals surface area contributed by atoms with Gasteiger partial charge in [0.05, 0.1) is 23.2 Å². The van der Waals surface area contributed by atoms with Gasteiger partial charge in [0.15, 0.2) is 0 Å². The fourth-order valence-electron chi connectivity index (χ4n) is 4.43. The quantitative estimate of drug-likeness (QED) is 0.858. The van der Waals surface area contributed by atoms with E-state index in [-0.39, 0.29) is 42.6 Å². The van der Waals surface area contributed by atoms with Crippen molar-refractivity contribution in [2.45, 2.75) is 44.7 Å². The van der Waals surface area contributed by atoms with Gasteiger partial charge in [-0.05, 0) is 37.5 Å². The van der Waals surface area contributed by atoms with Crippen molar-refractivity contribution in [1.29, 1.82) is 0 Å². The predicted octanol–water partition coefficient (Wildman–Crippen LogP) is 1.88. The van der Waals surface area contributed by atoms with Gasteiger partial charge in [-0.1, -0.05) is 12.1 Å². The number of hydrogen-bond acceptors (Lipinski definition) is 4. The number of benzene rings is 1. The zero-order valence-electron chi connectivity index (χ0n) is 16.9. The monoisotopic (exact) mass is 394 g/mol. The number of pyridine rings is 1. The maximum atomic E-state index is 13.4. The summed E-state index contributed by atoms with van der Waals surface area (Å²) < 4.78 is 0. The van der Waals surface area contributed by atoms with E-state index in [1.165, 1.54) is 0 Å². The molecular formula is C22H26N4O3. The second-order valence-electron chi connectivity index (χ2n) is 7.80. The molecule has 2 heterocycles. The molecule has 1 saturated carbocycles. The van der Waals surface area contributed by atoms with Crippen LogP contribution in [0.3, 0.4) is 0 Å². The van der Waals surface area contributed by atoms with E-state index in [1.54, 1.807) is 13.2 Å². The van der Waals surface area contributed by atoms with Crippen LogP contribution in [-0.4, -0.2) is 64.7 Å². The highest BCUT2D eigenvalue weighted by molar-refractivity contribution is 6.06. The molecule has 2 atom stereocenters. The fraction of sp³-hybridized carbons (Fsp3) is 0.455. The van der Waals surface area contributed by atoms with Crippen molar-refractivity contribution in [2.24, 2.45) is 0 Å². The lowest BCUT2D eigenvalue weighted by atomic mass is 9.81. The number of fused-ring (bicyclic) bond motifs is 2. The number of piperazine rings is 1. The molecule has 152 valence electrons. The van der Waals surface area contributed by atoms with E-state index in [2.05, 4.69) is 10.3 Å². The summed E-state index contributed by atoms with van der Waals surface area (Å²) in [6.45, 7) is 3.04. The van der Waals surface area contributed by atoms with Crippen LogP contribution in [0, 0.1) is 6.92 Å². The van der Waals surface area contributed by atoms with Crippen LogP contribution in [0.1, 0.15) is 41.6 Å². The Morgan fingerprint density at radius 2 is 1.79 bits per heavy atom. The Morgan fingerprint density at radius 1 is 1.07 bits per heavy atom. The maximum absolute atomic E-state index is 13.4. The van der Waals surface area contributed by atoms with Gasteiger partial charge in [0.2, 0.25) is 11.8 Å². The molecule has 1 aliphatic heterocycles. The molecule has 2 fully saturated rings. The zero-order valence-corrected chi connectivity index (χ0v) is 16.9. The van der Waals surface area contributed by atoms with Crippen LogP contribution in [0.25, 0.3) is 10.9 Å². The highest BCUT2D eigenvalue weighted by Gasteiger charge is 2.46. The third kappa shape index (κ3) is 3.45. The van der Waals surface area contributed by atoms with Gasteiger partial charge in [-0.15, -0.1) is 0 Å². The second-order valence-corrected chi connectivity index (χ2v) is 7.80. The summed E-state index contributed by atoms with van der Waals surface area (Å²) in [5.74, 6) is -0.144. The average Bonchev–Trinajstić information content (AvgIpc) is 2.71. The zero-order chi connectivity index (χ0) is 20.5. The van der Waals surface area contributed by atoms with Crippen LogP contribution in [-0.2, 0) is 9.59 Å². The fourth-order valence-corrected chi connectivity index (χ4v) is 4.43. The molecule has 4 rings (SSSR count). The van der Waals surface area contributed by atoms with Crippen LogP contribution >= 0.6 is 0 Å². The minimum absolute atomic E-state index is 0.00199. The largest absolute Gasteiger partial charge is 0.359 e. The number of aromatic nitrogens is 1. The van der Waals surface area contributed by atoms with Gasteiger partial charge in [0.25, 0.3) is 5.91 Å². The Bertz CT molecular complexity index is 974. The van der Waals surface area contributed by atoms with Crippen LogP contribution in [0.2, 0.25) is 0 Å². The molecule has 0 bridgehead atoms. The summed E-state index contributed by atoms with van der Waals surface area (Å²) in [5.41, 5.74) is 2.45. The van der Waals surface area contributed by atoms with E-state index >= 15 is 0 Å². The number of rotatable bonds is 4. The molecule has 7 heteroatoms. The Hall–Kier alpha value is -2.96. The van der Waals surface area contributed by atoms with Crippen LogP contribution in [0.4, 0.5) is 0 Å². The van der Waals surface area contributed by atoms with Crippen molar-refractivity contribution in [2.75, 3.05) is 20.1 Å². The number of carbonyl (C=O) groups excluding carboxylic acids is 3. The van der Waals surface area contributed by atoms with Gasteiger partial charge in [-0.3, -0.25) is 19.4 Å². The van der Waals surface area contributed by atoms with Gasteiger partial charge in [0.1, 0.15) is 0 Å². The molecule has 0 radical (unpaired) electrons. The average molecular weight is 394 g/mol. The van der Waals surface area contributed by atoms with Crippen molar-refractivity contribution in [3.8, 4) is 0 Å². The van der Waals surface area contributed by atoms with E-state index in [4.69, 9.17) is 0 Å². The lowest BCUT2D eigenvalue weighted by Gasteiger charge is -2.53. The first-order valence-electron chi connectivity index (χ1n) is 10.2. The van der Waals surface area contributed by atoms with Gasteiger partial charge < -0.3 is 15.1 Å². The predicted molar refractivity (Wildman–Crippen MR) is 109 cm³/mol. The number of aryl methyl sites for hydroxylation is 1. The Kier molecular flexibility index (Phi) is 5.22. The lowest BCUT2D eigenvalue weighted by Crippen LogP contribution is -2.67. The van der Waals surface area contributed by atoms with E-state index in [9.17, 15) is 14.4 Å². The summed E-state index contributed by atoms with van der Waals surface area (Å²) in [4.78, 5) is 45.7.